The molecule has 0 unspecified atom stereocenters. The molecule has 5 heteroatoms. The molecule has 2 aromatic rings. The molecule has 1 saturated carbocycles. The molecule has 0 spiro atoms. The fourth-order valence-corrected chi connectivity index (χ4v) is 6.30. The van der Waals surface area contributed by atoms with E-state index in [9.17, 15) is 4.79 Å². The molecule has 2 aliphatic heterocycles. The molecule has 5 rings (SSSR count). The van der Waals surface area contributed by atoms with Crippen LogP contribution >= 0.6 is 11.8 Å². The fourth-order valence-electron chi connectivity index (χ4n) is 5.29. The first kappa shape index (κ1) is 21.7. The monoisotopic (exact) mass is 447 g/mol. The second-order valence-corrected chi connectivity index (χ2v) is 10.4. The molecule has 0 atom stereocenters. The first-order valence-corrected chi connectivity index (χ1v) is 13.0. The van der Waals surface area contributed by atoms with E-state index in [0.29, 0.717) is 0 Å². The zero-order valence-corrected chi connectivity index (χ0v) is 20.1. The number of rotatable bonds is 3. The van der Waals surface area contributed by atoms with Crippen LogP contribution in [0.2, 0.25) is 0 Å². The molecule has 2 aromatic carbocycles. The number of fused-ring (bicyclic) bond motifs is 2. The lowest BCUT2D eigenvalue weighted by Crippen LogP contribution is -2.52. The molecule has 2 fully saturated rings. The lowest BCUT2D eigenvalue weighted by Gasteiger charge is -2.40. The lowest BCUT2D eigenvalue weighted by molar-refractivity contribution is 0.0523. The molecule has 1 saturated heterocycles. The van der Waals surface area contributed by atoms with Gasteiger partial charge in [0.2, 0.25) is 0 Å². The maximum Gasteiger partial charge on any atom is 0.254 e. The summed E-state index contributed by atoms with van der Waals surface area (Å²) < 4.78 is 0. The van der Waals surface area contributed by atoms with Crippen LogP contribution in [0.3, 0.4) is 0 Å². The van der Waals surface area contributed by atoms with E-state index in [2.05, 4.69) is 43.0 Å². The first-order valence-electron chi connectivity index (χ1n) is 12.2. The van der Waals surface area contributed by atoms with E-state index in [4.69, 9.17) is 4.99 Å². The SMILES string of the molecule is CCC1=Nc2cc(C(=O)N3CCN(C4CCCCC4)CC3)ccc2Sc2ccc(C)cc21. The van der Waals surface area contributed by atoms with Crippen LogP contribution in [0, 0.1) is 6.92 Å². The van der Waals surface area contributed by atoms with Crippen LogP contribution in [0.5, 0.6) is 0 Å². The van der Waals surface area contributed by atoms with Gasteiger partial charge >= 0.3 is 0 Å². The normalized spacial score (nSPS) is 19.7. The molecule has 168 valence electrons. The molecule has 0 radical (unpaired) electrons. The molecule has 2 heterocycles. The molecule has 0 bridgehead atoms. The molecule has 4 nitrogen and oxygen atoms in total. The Balaban J connectivity index is 1.33. The van der Waals surface area contributed by atoms with E-state index in [-0.39, 0.29) is 5.91 Å². The van der Waals surface area contributed by atoms with Gasteiger partial charge in [-0.3, -0.25) is 14.7 Å². The average Bonchev–Trinajstić information content (AvgIpc) is 3.00. The predicted molar refractivity (Wildman–Crippen MR) is 133 cm³/mol. The number of nitrogens with zero attached hydrogens (tertiary/aromatic N) is 3. The highest BCUT2D eigenvalue weighted by Gasteiger charge is 2.28. The smallest absolute Gasteiger partial charge is 0.254 e. The largest absolute Gasteiger partial charge is 0.336 e. The van der Waals surface area contributed by atoms with Gasteiger partial charge in [0, 0.05) is 58.9 Å². The second kappa shape index (κ2) is 9.40. The summed E-state index contributed by atoms with van der Waals surface area (Å²) in [4.78, 5) is 25.4. The Labute approximate surface area is 196 Å². The number of benzene rings is 2. The Morgan fingerprint density at radius 2 is 1.75 bits per heavy atom. The van der Waals surface area contributed by atoms with Crippen molar-refractivity contribution in [2.24, 2.45) is 4.99 Å². The van der Waals surface area contributed by atoms with Crippen LogP contribution in [0.15, 0.2) is 51.2 Å². The summed E-state index contributed by atoms with van der Waals surface area (Å²) in [5.74, 6) is 0.145. The Bertz CT molecular complexity index is 1030. The zero-order chi connectivity index (χ0) is 22.1. The molecule has 0 aromatic heterocycles. The van der Waals surface area contributed by atoms with Gasteiger partial charge in [-0.25, -0.2) is 0 Å². The van der Waals surface area contributed by atoms with E-state index < -0.39 is 0 Å². The summed E-state index contributed by atoms with van der Waals surface area (Å²) in [5.41, 5.74) is 5.25. The number of aryl methyl sites for hydroxylation is 1. The van der Waals surface area contributed by atoms with Gasteiger partial charge in [-0.05, 0) is 56.5 Å². The number of carbonyl (C=O) groups is 1. The van der Waals surface area contributed by atoms with Gasteiger partial charge in [0.1, 0.15) is 0 Å². The third-order valence-corrected chi connectivity index (χ3v) is 8.30. The molecule has 32 heavy (non-hydrogen) atoms. The summed E-state index contributed by atoms with van der Waals surface area (Å²) in [6.07, 6.45) is 7.64. The Kier molecular flexibility index (Phi) is 6.38. The van der Waals surface area contributed by atoms with Crippen LogP contribution in [0.1, 0.15) is 66.9 Å². The van der Waals surface area contributed by atoms with E-state index in [0.717, 1.165) is 60.5 Å². The van der Waals surface area contributed by atoms with Gasteiger partial charge in [0.05, 0.1) is 5.69 Å². The summed E-state index contributed by atoms with van der Waals surface area (Å²) >= 11 is 1.76. The van der Waals surface area contributed by atoms with Crippen LogP contribution < -0.4 is 0 Å². The molecular formula is C27H33N3OS. The third kappa shape index (κ3) is 4.38. The summed E-state index contributed by atoms with van der Waals surface area (Å²) in [6, 6.07) is 13.4. The molecule has 3 aliphatic rings. The van der Waals surface area contributed by atoms with Crippen molar-refractivity contribution in [1.29, 1.82) is 0 Å². The summed E-state index contributed by atoms with van der Waals surface area (Å²) in [7, 11) is 0. The Hall–Kier alpha value is -2.11. The van der Waals surface area contributed by atoms with E-state index in [1.807, 2.05) is 17.0 Å². The summed E-state index contributed by atoms with van der Waals surface area (Å²) in [6.45, 7) is 7.95. The van der Waals surface area contributed by atoms with E-state index in [1.165, 1.54) is 48.1 Å². The van der Waals surface area contributed by atoms with Crippen molar-refractivity contribution in [1.82, 2.24) is 9.80 Å². The fraction of sp³-hybridized carbons (Fsp3) is 0.481. The third-order valence-electron chi connectivity index (χ3n) is 7.15. The van der Waals surface area contributed by atoms with E-state index >= 15 is 0 Å². The molecule has 1 amide bonds. The van der Waals surface area contributed by atoms with Gasteiger partial charge in [-0.15, -0.1) is 0 Å². The second-order valence-electron chi connectivity index (χ2n) is 9.32. The molecular weight excluding hydrogens is 414 g/mol. The maximum absolute atomic E-state index is 13.3. The van der Waals surface area contributed by atoms with Gasteiger partial charge in [-0.2, -0.15) is 0 Å². The van der Waals surface area contributed by atoms with E-state index in [1.54, 1.807) is 11.8 Å². The topological polar surface area (TPSA) is 35.9 Å². The van der Waals surface area contributed by atoms with Crippen molar-refractivity contribution in [2.45, 2.75) is 68.2 Å². The highest BCUT2D eigenvalue weighted by molar-refractivity contribution is 7.99. The van der Waals surface area contributed by atoms with Crippen molar-refractivity contribution in [3.63, 3.8) is 0 Å². The van der Waals surface area contributed by atoms with Crippen molar-refractivity contribution in [2.75, 3.05) is 26.2 Å². The minimum Gasteiger partial charge on any atom is -0.336 e. The number of hydrogen-bond acceptors (Lipinski definition) is 4. The number of amides is 1. The highest BCUT2D eigenvalue weighted by atomic mass is 32.2. The minimum absolute atomic E-state index is 0.145. The van der Waals surface area contributed by atoms with Crippen molar-refractivity contribution in [3.05, 3.63) is 53.1 Å². The minimum atomic E-state index is 0.145. The molecule has 0 N–H and O–H groups in total. The Morgan fingerprint density at radius 1 is 1.00 bits per heavy atom. The Morgan fingerprint density at radius 3 is 2.50 bits per heavy atom. The number of aliphatic imine (C=N–C) groups is 1. The predicted octanol–water partition coefficient (Wildman–Crippen LogP) is 6.08. The number of carbonyl (C=O) groups excluding carboxylic acids is 1. The van der Waals surface area contributed by atoms with Gasteiger partial charge < -0.3 is 4.90 Å². The van der Waals surface area contributed by atoms with Gasteiger partial charge in [-0.1, -0.05) is 49.6 Å². The highest BCUT2D eigenvalue weighted by Crippen LogP contribution is 2.41. The van der Waals surface area contributed by atoms with Crippen LogP contribution in [0.25, 0.3) is 0 Å². The van der Waals surface area contributed by atoms with Crippen molar-refractivity contribution in [3.8, 4) is 0 Å². The average molecular weight is 448 g/mol. The van der Waals surface area contributed by atoms with Crippen molar-refractivity contribution >= 4 is 29.1 Å². The van der Waals surface area contributed by atoms with Crippen LogP contribution in [0.4, 0.5) is 5.69 Å². The summed E-state index contributed by atoms with van der Waals surface area (Å²) in [5, 5.41) is 0. The molecule has 1 aliphatic carbocycles. The zero-order valence-electron chi connectivity index (χ0n) is 19.3. The standard InChI is InChI=1S/C27H33N3OS/c1-3-23-22-17-19(2)9-11-25(22)32-26-12-10-20(18-24(26)28-23)27(31)30-15-13-29(14-16-30)21-7-5-4-6-8-21/h9-12,17-18,21H,3-8,13-16H2,1-2H3. The van der Waals surface area contributed by atoms with Crippen LogP contribution in [-0.2, 0) is 0 Å². The van der Waals surface area contributed by atoms with Crippen molar-refractivity contribution < 1.29 is 4.79 Å². The lowest BCUT2D eigenvalue weighted by atomic mass is 9.94. The maximum atomic E-state index is 13.3. The number of hydrogen-bond donors (Lipinski definition) is 0. The van der Waals surface area contributed by atoms with Crippen LogP contribution in [-0.4, -0.2) is 53.6 Å². The first-order chi connectivity index (χ1) is 15.6. The van der Waals surface area contributed by atoms with Gasteiger partial charge in [0.15, 0.2) is 0 Å². The van der Waals surface area contributed by atoms with Gasteiger partial charge in [0.25, 0.3) is 5.91 Å². The quantitative estimate of drug-likeness (QED) is 0.572. The number of piperazine rings is 1.